The number of aryl methyl sites for hydroxylation is 2. The van der Waals surface area contributed by atoms with Crippen LogP contribution in [0.3, 0.4) is 0 Å². The van der Waals surface area contributed by atoms with Crippen molar-refractivity contribution in [3.05, 3.63) is 11.4 Å². The molecule has 1 saturated carbocycles. The molecule has 108 valence electrons. The van der Waals surface area contributed by atoms with E-state index in [9.17, 15) is 4.79 Å². The number of carbonyl (C=O) groups excluding carboxylic acids is 1. The number of aromatic amines is 1. The minimum absolute atomic E-state index is 0. The van der Waals surface area contributed by atoms with Gasteiger partial charge in [0, 0.05) is 12.5 Å². The van der Waals surface area contributed by atoms with Gasteiger partial charge in [-0.15, -0.1) is 12.4 Å². The fourth-order valence-corrected chi connectivity index (χ4v) is 2.65. The molecule has 0 aromatic carbocycles. The zero-order valence-electron chi connectivity index (χ0n) is 11.5. The van der Waals surface area contributed by atoms with Crippen molar-refractivity contribution in [1.82, 2.24) is 10.2 Å². The average molecular weight is 287 g/mol. The van der Waals surface area contributed by atoms with Crippen molar-refractivity contribution < 1.29 is 4.79 Å². The van der Waals surface area contributed by atoms with Gasteiger partial charge in [0.1, 0.15) is 0 Å². The number of hydrogen-bond acceptors (Lipinski definition) is 3. The number of carbonyl (C=O) groups is 1. The largest absolute Gasteiger partial charge is 0.327 e. The molecule has 0 spiro atoms. The lowest BCUT2D eigenvalue weighted by Gasteiger charge is -2.27. The SMILES string of the molecule is Cc1n[nH]c(C)c1NC(=O)CC1CCCCC1N.Cl. The second kappa shape index (κ2) is 6.91. The summed E-state index contributed by atoms with van der Waals surface area (Å²) in [5.41, 5.74) is 8.60. The third-order valence-electron chi connectivity index (χ3n) is 3.81. The molecule has 1 aromatic heterocycles. The zero-order chi connectivity index (χ0) is 13.1. The van der Waals surface area contributed by atoms with Gasteiger partial charge in [-0.05, 0) is 32.6 Å². The number of nitrogens with two attached hydrogens (primary N) is 1. The maximum atomic E-state index is 12.0. The highest BCUT2D eigenvalue weighted by atomic mass is 35.5. The van der Waals surface area contributed by atoms with E-state index in [1.807, 2.05) is 13.8 Å². The molecule has 1 heterocycles. The molecule has 0 radical (unpaired) electrons. The summed E-state index contributed by atoms with van der Waals surface area (Å²) in [6.45, 7) is 3.79. The van der Waals surface area contributed by atoms with Gasteiger partial charge < -0.3 is 11.1 Å². The predicted molar refractivity (Wildman–Crippen MR) is 78.5 cm³/mol. The molecule has 0 bridgehead atoms. The topological polar surface area (TPSA) is 83.8 Å². The van der Waals surface area contributed by atoms with Gasteiger partial charge in [0.2, 0.25) is 5.91 Å². The first-order valence-electron chi connectivity index (χ1n) is 6.65. The van der Waals surface area contributed by atoms with Gasteiger partial charge in [0.15, 0.2) is 0 Å². The molecule has 0 aliphatic heterocycles. The van der Waals surface area contributed by atoms with Crippen molar-refractivity contribution in [3.63, 3.8) is 0 Å². The highest BCUT2D eigenvalue weighted by Gasteiger charge is 2.24. The van der Waals surface area contributed by atoms with E-state index in [0.717, 1.165) is 29.9 Å². The van der Waals surface area contributed by atoms with Crippen LogP contribution in [0.25, 0.3) is 0 Å². The number of aromatic nitrogens is 2. The third-order valence-corrected chi connectivity index (χ3v) is 3.81. The van der Waals surface area contributed by atoms with Gasteiger partial charge in [-0.3, -0.25) is 9.89 Å². The van der Waals surface area contributed by atoms with E-state index >= 15 is 0 Å². The first-order chi connectivity index (χ1) is 8.58. The Balaban J connectivity index is 0.00000180. The Morgan fingerprint density at radius 1 is 1.42 bits per heavy atom. The van der Waals surface area contributed by atoms with Gasteiger partial charge in [0.05, 0.1) is 17.1 Å². The third kappa shape index (κ3) is 3.94. The summed E-state index contributed by atoms with van der Waals surface area (Å²) in [4.78, 5) is 12.0. The van der Waals surface area contributed by atoms with Crippen molar-refractivity contribution in [3.8, 4) is 0 Å². The van der Waals surface area contributed by atoms with Crippen LogP contribution in [0.1, 0.15) is 43.5 Å². The molecule has 6 heteroatoms. The molecule has 19 heavy (non-hydrogen) atoms. The Morgan fingerprint density at radius 2 is 2.11 bits per heavy atom. The second-order valence-electron chi connectivity index (χ2n) is 5.27. The number of nitrogens with zero attached hydrogens (tertiary/aromatic N) is 1. The number of rotatable bonds is 3. The fraction of sp³-hybridized carbons (Fsp3) is 0.692. The van der Waals surface area contributed by atoms with Crippen LogP contribution in [0, 0.1) is 19.8 Å². The van der Waals surface area contributed by atoms with Crippen LogP contribution in [0.2, 0.25) is 0 Å². The molecule has 1 aliphatic rings. The predicted octanol–water partition coefficient (Wildman–Crippen LogP) is 2.29. The molecule has 1 aliphatic carbocycles. The molecular formula is C13H23ClN4O. The molecule has 1 amide bonds. The first kappa shape index (κ1) is 16.0. The summed E-state index contributed by atoms with van der Waals surface area (Å²) < 4.78 is 0. The minimum Gasteiger partial charge on any atom is -0.327 e. The molecule has 2 unspecified atom stereocenters. The highest BCUT2D eigenvalue weighted by molar-refractivity contribution is 5.92. The lowest BCUT2D eigenvalue weighted by molar-refractivity contribution is -0.117. The number of H-pyrrole nitrogens is 1. The van der Waals surface area contributed by atoms with Gasteiger partial charge >= 0.3 is 0 Å². The molecule has 2 rings (SSSR count). The van der Waals surface area contributed by atoms with Crippen LogP contribution >= 0.6 is 12.4 Å². The first-order valence-corrected chi connectivity index (χ1v) is 6.65. The second-order valence-corrected chi connectivity index (χ2v) is 5.27. The Kier molecular flexibility index (Phi) is 5.82. The van der Waals surface area contributed by atoms with E-state index in [-0.39, 0.29) is 24.4 Å². The quantitative estimate of drug-likeness (QED) is 0.797. The van der Waals surface area contributed by atoms with Crippen LogP contribution in [0.5, 0.6) is 0 Å². The van der Waals surface area contributed by atoms with E-state index in [1.54, 1.807) is 0 Å². The van der Waals surface area contributed by atoms with Gasteiger partial charge in [0.25, 0.3) is 0 Å². The Morgan fingerprint density at radius 3 is 2.68 bits per heavy atom. The molecule has 0 saturated heterocycles. The molecule has 1 fully saturated rings. The van der Waals surface area contributed by atoms with E-state index in [2.05, 4.69) is 15.5 Å². The maximum absolute atomic E-state index is 12.0. The van der Waals surface area contributed by atoms with Crippen molar-refractivity contribution >= 4 is 24.0 Å². The lowest BCUT2D eigenvalue weighted by atomic mass is 9.83. The number of amides is 1. The maximum Gasteiger partial charge on any atom is 0.224 e. The van der Waals surface area contributed by atoms with E-state index in [4.69, 9.17) is 5.73 Å². The van der Waals surface area contributed by atoms with Crippen molar-refractivity contribution in [1.29, 1.82) is 0 Å². The van der Waals surface area contributed by atoms with Crippen LogP contribution in [-0.2, 0) is 4.79 Å². The number of halogens is 1. The molecule has 4 N–H and O–H groups in total. The summed E-state index contributed by atoms with van der Waals surface area (Å²) in [6.07, 6.45) is 5.01. The lowest BCUT2D eigenvalue weighted by Crippen LogP contribution is -2.35. The summed E-state index contributed by atoms with van der Waals surface area (Å²) in [6, 6.07) is 0.177. The van der Waals surface area contributed by atoms with Crippen molar-refractivity contribution in [2.24, 2.45) is 11.7 Å². The van der Waals surface area contributed by atoms with E-state index in [1.165, 1.54) is 12.8 Å². The number of nitrogens with one attached hydrogen (secondary N) is 2. The Bertz CT molecular complexity index is 413. The Hall–Kier alpha value is -1.07. The zero-order valence-corrected chi connectivity index (χ0v) is 12.3. The normalized spacial score (nSPS) is 22.7. The molecule has 1 aromatic rings. The van der Waals surface area contributed by atoms with Crippen LogP contribution in [0.15, 0.2) is 0 Å². The van der Waals surface area contributed by atoms with E-state index < -0.39 is 0 Å². The summed E-state index contributed by atoms with van der Waals surface area (Å²) >= 11 is 0. The number of hydrogen-bond donors (Lipinski definition) is 3. The monoisotopic (exact) mass is 286 g/mol. The number of anilines is 1. The average Bonchev–Trinajstić information content (AvgIpc) is 2.64. The smallest absolute Gasteiger partial charge is 0.224 e. The van der Waals surface area contributed by atoms with E-state index in [0.29, 0.717) is 12.3 Å². The fourth-order valence-electron chi connectivity index (χ4n) is 2.65. The minimum atomic E-state index is 0. The van der Waals surface area contributed by atoms with Crippen molar-refractivity contribution in [2.45, 2.75) is 52.0 Å². The van der Waals surface area contributed by atoms with Gasteiger partial charge in [-0.1, -0.05) is 12.8 Å². The summed E-state index contributed by atoms with van der Waals surface area (Å²) in [5.74, 6) is 0.371. The van der Waals surface area contributed by atoms with Gasteiger partial charge in [-0.25, -0.2) is 0 Å². The highest BCUT2D eigenvalue weighted by Crippen LogP contribution is 2.26. The summed E-state index contributed by atoms with van der Waals surface area (Å²) in [7, 11) is 0. The van der Waals surface area contributed by atoms with Crippen LogP contribution in [0.4, 0.5) is 5.69 Å². The standard InChI is InChI=1S/C13H22N4O.ClH/c1-8-13(9(2)17-16-8)15-12(18)7-10-5-3-4-6-11(10)14;/h10-11H,3-7,14H2,1-2H3,(H,15,18)(H,16,17);1H. The van der Waals surface area contributed by atoms with Crippen LogP contribution in [-0.4, -0.2) is 22.1 Å². The summed E-state index contributed by atoms with van der Waals surface area (Å²) in [5, 5.41) is 9.87. The molecular weight excluding hydrogens is 264 g/mol. The molecule has 2 atom stereocenters. The van der Waals surface area contributed by atoms with Crippen LogP contribution < -0.4 is 11.1 Å². The van der Waals surface area contributed by atoms with Crippen molar-refractivity contribution in [2.75, 3.05) is 5.32 Å². The van der Waals surface area contributed by atoms with Gasteiger partial charge in [-0.2, -0.15) is 5.10 Å². The Labute approximate surface area is 120 Å². The molecule has 5 nitrogen and oxygen atoms in total.